The molecule has 12 rings (SSSR count). The molecule has 2 atom stereocenters. The van der Waals surface area contributed by atoms with Crippen molar-refractivity contribution in [2.45, 2.75) is 38.0 Å². The van der Waals surface area contributed by atoms with Gasteiger partial charge in [-0.05, 0) is 106 Å². The van der Waals surface area contributed by atoms with E-state index in [1.54, 1.807) is 0 Å². The van der Waals surface area contributed by atoms with Crippen molar-refractivity contribution >= 4 is 71.9 Å². The molecule has 5 heteroatoms. The second kappa shape index (κ2) is 13.3. The van der Waals surface area contributed by atoms with Crippen LogP contribution >= 0.6 is 0 Å². The molecule has 2 unspecified atom stereocenters. The van der Waals surface area contributed by atoms with Crippen LogP contribution < -0.4 is 10.6 Å². The fourth-order valence-electron chi connectivity index (χ4n) is 9.82. The van der Waals surface area contributed by atoms with E-state index in [0.29, 0.717) is 0 Å². The van der Waals surface area contributed by atoms with Crippen LogP contribution in [0.15, 0.2) is 180 Å². The summed E-state index contributed by atoms with van der Waals surface area (Å²) in [6, 6.07) is 55.6. The highest BCUT2D eigenvalue weighted by molar-refractivity contribution is 6.12. The van der Waals surface area contributed by atoms with Crippen molar-refractivity contribution in [2.75, 3.05) is 0 Å². The summed E-state index contributed by atoms with van der Waals surface area (Å²) in [5.41, 5.74) is 12.6. The van der Waals surface area contributed by atoms with Crippen molar-refractivity contribution in [3.05, 3.63) is 198 Å². The summed E-state index contributed by atoms with van der Waals surface area (Å²) in [4.78, 5) is 5.20. The van der Waals surface area contributed by atoms with Crippen LogP contribution in [0.3, 0.4) is 0 Å². The maximum absolute atomic E-state index is 5.20. The van der Waals surface area contributed by atoms with E-state index in [1.165, 1.54) is 88.0 Å². The van der Waals surface area contributed by atoms with Crippen LogP contribution in [0.4, 0.5) is 0 Å². The average molecular weight is 748 g/mol. The predicted molar refractivity (Wildman–Crippen MR) is 242 cm³/mol. The van der Waals surface area contributed by atoms with Gasteiger partial charge in [0, 0.05) is 38.8 Å². The summed E-state index contributed by atoms with van der Waals surface area (Å²) in [5.74, 6) is 0.974. The van der Waals surface area contributed by atoms with Crippen molar-refractivity contribution in [1.29, 1.82) is 0 Å². The third kappa shape index (κ3) is 5.31. The molecular formula is C53H41N5. The molecule has 1 aliphatic heterocycles. The number of nitrogens with zero attached hydrogens (tertiary/aromatic N) is 3. The van der Waals surface area contributed by atoms with Gasteiger partial charge in [-0.2, -0.15) is 0 Å². The normalized spacial score (nSPS) is 18.0. The van der Waals surface area contributed by atoms with Gasteiger partial charge < -0.3 is 14.5 Å². The molecule has 3 aliphatic rings. The van der Waals surface area contributed by atoms with Crippen LogP contribution in [-0.4, -0.2) is 15.0 Å². The maximum Gasteiger partial charge on any atom is 0.129 e. The Kier molecular flexibility index (Phi) is 7.63. The zero-order valence-corrected chi connectivity index (χ0v) is 32.1. The van der Waals surface area contributed by atoms with Gasteiger partial charge in [0.1, 0.15) is 18.2 Å². The Morgan fingerprint density at radius 2 is 1.31 bits per heavy atom. The number of hydrogen-bond donors (Lipinski definition) is 2. The number of fused-ring (bicyclic) bond motifs is 8. The molecule has 5 nitrogen and oxygen atoms in total. The van der Waals surface area contributed by atoms with E-state index < -0.39 is 0 Å². The topological polar surface area (TPSA) is 46.3 Å². The van der Waals surface area contributed by atoms with Crippen LogP contribution in [0, 0.1) is 0 Å². The first kappa shape index (κ1) is 33.2. The lowest BCUT2D eigenvalue weighted by molar-refractivity contribution is 0.410. The first-order chi connectivity index (χ1) is 28.7. The summed E-state index contributed by atoms with van der Waals surface area (Å²) < 4.78 is 5.04. The molecule has 7 aromatic carbocycles. The fourth-order valence-corrected chi connectivity index (χ4v) is 9.82. The summed E-state index contributed by atoms with van der Waals surface area (Å²) in [6.45, 7) is 0. The number of aromatic nitrogens is 2. The molecule has 3 heterocycles. The van der Waals surface area contributed by atoms with Crippen molar-refractivity contribution in [3.63, 3.8) is 0 Å². The van der Waals surface area contributed by atoms with Gasteiger partial charge in [-0.25, -0.2) is 4.99 Å². The van der Waals surface area contributed by atoms with E-state index in [9.17, 15) is 0 Å². The van der Waals surface area contributed by atoms with Crippen molar-refractivity contribution < 1.29 is 0 Å². The Bertz CT molecular complexity index is 3190. The molecule has 2 aromatic heterocycles. The summed E-state index contributed by atoms with van der Waals surface area (Å²) in [5, 5.41) is 16.5. The van der Waals surface area contributed by atoms with E-state index in [0.717, 1.165) is 37.1 Å². The minimum Gasteiger partial charge on any atom is -0.351 e. The lowest BCUT2D eigenvalue weighted by atomic mass is 9.97. The largest absolute Gasteiger partial charge is 0.351 e. The predicted octanol–water partition coefficient (Wildman–Crippen LogP) is 12.6. The highest BCUT2D eigenvalue weighted by Gasteiger charge is 2.28. The average Bonchev–Trinajstić information content (AvgIpc) is 3.80. The SMILES string of the molecule is C1=CCCC(C2=NC(c3ccccc3)NC(c3cccc4cc(-n5c6c(c7cc8ccccc8cc75)C=C(n5c7ccccc7c7ccccc75)CC6)ccc34)N2)=C1. The number of para-hydroxylation sites is 2. The molecule has 58 heavy (non-hydrogen) atoms. The van der Waals surface area contributed by atoms with Crippen LogP contribution in [-0.2, 0) is 6.42 Å². The van der Waals surface area contributed by atoms with Gasteiger partial charge in [-0.3, -0.25) is 5.32 Å². The third-order valence-corrected chi connectivity index (χ3v) is 12.5. The Hall–Kier alpha value is -6.95. The Labute approximate surface area is 337 Å². The third-order valence-electron chi connectivity index (χ3n) is 12.5. The standard InChI is InChI=1S/C53H41N5/c1-3-14-34(15-4-1)51-54-52(35-16-5-2-6-17-35)56-53(55-51)44-23-13-20-38-30-39(26-28-41(38)44)58-49-29-27-40(33-46(49)45-31-36-18-7-8-19-37(36)32-50(45)58)57-47-24-11-9-21-42(47)43-22-10-12-25-48(43)57/h1-5,7-16,18-26,28,30-33,51,53,55H,6,17,27,29H2,(H,54,56). The number of allylic oxidation sites excluding steroid dienone is 4. The highest BCUT2D eigenvalue weighted by Crippen LogP contribution is 2.42. The first-order valence-electron chi connectivity index (χ1n) is 20.5. The van der Waals surface area contributed by atoms with Gasteiger partial charge in [-0.15, -0.1) is 0 Å². The van der Waals surface area contributed by atoms with E-state index in [4.69, 9.17) is 4.99 Å². The summed E-state index contributed by atoms with van der Waals surface area (Å²) in [6.07, 6.45) is 12.7. The number of nitrogens with one attached hydrogen (secondary N) is 2. The Balaban J connectivity index is 1.00. The molecule has 0 saturated heterocycles. The molecule has 0 radical (unpaired) electrons. The molecule has 9 aromatic rings. The second-order valence-corrected chi connectivity index (χ2v) is 15.9. The van der Waals surface area contributed by atoms with Crippen LogP contribution in [0.25, 0.3) is 71.7 Å². The number of aliphatic imine (C=N–C) groups is 1. The van der Waals surface area contributed by atoms with Crippen molar-refractivity contribution in [2.24, 2.45) is 4.99 Å². The molecule has 0 fully saturated rings. The van der Waals surface area contributed by atoms with Gasteiger partial charge in [0.05, 0.1) is 16.6 Å². The van der Waals surface area contributed by atoms with Gasteiger partial charge in [0.2, 0.25) is 0 Å². The van der Waals surface area contributed by atoms with Crippen LogP contribution in [0.5, 0.6) is 0 Å². The maximum atomic E-state index is 5.20. The van der Waals surface area contributed by atoms with Crippen molar-refractivity contribution in [1.82, 2.24) is 19.8 Å². The molecule has 0 spiro atoms. The van der Waals surface area contributed by atoms with E-state index >= 15 is 0 Å². The number of rotatable bonds is 5. The zero-order chi connectivity index (χ0) is 38.2. The molecule has 278 valence electrons. The molecule has 0 saturated carbocycles. The van der Waals surface area contributed by atoms with Gasteiger partial charge in [0.15, 0.2) is 0 Å². The summed E-state index contributed by atoms with van der Waals surface area (Å²) in [7, 11) is 0. The van der Waals surface area contributed by atoms with Gasteiger partial charge in [0.25, 0.3) is 0 Å². The zero-order valence-electron chi connectivity index (χ0n) is 32.1. The number of hydrogen-bond acceptors (Lipinski definition) is 3. The molecular weight excluding hydrogens is 707 g/mol. The number of amidine groups is 1. The molecule has 0 bridgehead atoms. The molecule has 2 N–H and O–H groups in total. The summed E-state index contributed by atoms with van der Waals surface area (Å²) >= 11 is 0. The minimum absolute atomic E-state index is 0.116. The second-order valence-electron chi connectivity index (χ2n) is 15.9. The Morgan fingerprint density at radius 3 is 2.10 bits per heavy atom. The lowest BCUT2D eigenvalue weighted by Gasteiger charge is -2.33. The molecule has 0 amide bonds. The Morgan fingerprint density at radius 1 is 0.569 bits per heavy atom. The van der Waals surface area contributed by atoms with Crippen LogP contribution in [0.2, 0.25) is 0 Å². The van der Waals surface area contributed by atoms with E-state index in [1.807, 2.05) is 0 Å². The quantitative estimate of drug-likeness (QED) is 0.184. The van der Waals surface area contributed by atoms with Crippen LogP contribution in [0.1, 0.15) is 54.0 Å². The highest BCUT2D eigenvalue weighted by atomic mass is 15.3. The fraction of sp³-hybridized carbons (Fsp3) is 0.113. The monoisotopic (exact) mass is 747 g/mol. The lowest BCUT2D eigenvalue weighted by Crippen LogP contribution is -2.45. The smallest absolute Gasteiger partial charge is 0.129 e. The number of benzene rings is 7. The molecule has 2 aliphatic carbocycles. The van der Waals surface area contributed by atoms with Crippen molar-refractivity contribution in [3.8, 4) is 5.69 Å². The van der Waals surface area contributed by atoms with Gasteiger partial charge in [-0.1, -0.05) is 133 Å². The minimum atomic E-state index is -0.156. The van der Waals surface area contributed by atoms with E-state index in [2.05, 4.69) is 196 Å². The van der Waals surface area contributed by atoms with Gasteiger partial charge >= 0.3 is 0 Å². The van der Waals surface area contributed by atoms with E-state index in [-0.39, 0.29) is 12.3 Å². The first-order valence-corrected chi connectivity index (χ1v) is 20.5.